The van der Waals surface area contributed by atoms with E-state index in [0.29, 0.717) is 11.0 Å². The zero-order valence-electron chi connectivity index (χ0n) is 14.5. The highest BCUT2D eigenvalue weighted by Gasteiger charge is 2.27. The molecule has 1 aliphatic rings. The summed E-state index contributed by atoms with van der Waals surface area (Å²) in [6, 6.07) is 9.79. The average Bonchev–Trinajstić information content (AvgIpc) is 3.13. The smallest absolute Gasteiger partial charge is 0.449 e. The highest BCUT2D eigenvalue weighted by molar-refractivity contribution is 7.21. The Morgan fingerprint density at radius 2 is 1.92 bits per heavy atom. The minimum Gasteiger partial charge on any atom is -0.449 e. The fourth-order valence-electron chi connectivity index (χ4n) is 4.07. The summed E-state index contributed by atoms with van der Waals surface area (Å²) in [4.78, 5) is 10.9. The Kier molecular flexibility index (Phi) is 4.67. The number of thiophene rings is 1. The maximum absolute atomic E-state index is 10.9. The second-order valence-electron chi connectivity index (χ2n) is 6.81. The van der Waals surface area contributed by atoms with Crippen molar-refractivity contribution in [3.8, 4) is 16.3 Å². The van der Waals surface area contributed by atoms with Crippen molar-refractivity contribution in [2.45, 2.75) is 38.0 Å². The lowest BCUT2D eigenvalue weighted by molar-refractivity contribution is 0.146. The molecule has 1 N–H and O–H groups in total. The Bertz CT molecular complexity index is 952. The third-order valence-electron chi connectivity index (χ3n) is 5.21. The first-order valence-electron chi connectivity index (χ1n) is 8.83. The third-order valence-corrected chi connectivity index (χ3v) is 6.49. The normalized spacial score (nSPS) is 15.5. The Balaban J connectivity index is 1.91. The zero-order valence-corrected chi connectivity index (χ0v) is 16.1. The van der Waals surface area contributed by atoms with Crippen LogP contribution in [0, 0.1) is 0 Å². The van der Waals surface area contributed by atoms with Crippen LogP contribution in [-0.4, -0.2) is 15.8 Å². The first-order chi connectivity index (χ1) is 12.5. The van der Waals surface area contributed by atoms with Gasteiger partial charge in [0.1, 0.15) is 0 Å². The van der Waals surface area contributed by atoms with Crippen molar-refractivity contribution in [2.24, 2.45) is 7.05 Å². The van der Waals surface area contributed by atoms with Gasteiger partial charge in [0.15, 0.2) is 5.06 Å². The van der Waals surface area contributed by atoms with Crippen LogP contribution in [0.1, 0.15) is 43.6 Å². The molecule has 4 nitrogen and oxygen atoms in total. The molecule has 0 aliphatic heterocycles. The van der Waals surface area contributed by atoms with Crippen molar-refractivity contribution in [3.05, 3.63) is 40.9 Å². The van der Waals surface area contributed by atoms with Crippen molar-refractivity contribution < 1.29 is 14.6 Å². The molecule has 0 atom stereocenters. The number of carbonyl (C=O) groups is 1. The summed E-state index contributed by atoms with van der Waals surface area (Å²) in [6.45, 7) is 0. The molecule has 0 bridgehead atoms. The van der Waals surface area contributed by atoms with E-state index >= 15 is 0 Å². The van der Waals surface area contributed by atoms with E-state index in [2.05, 4.69) is 16.7 Å². The van der Waals surface area contributed by atoms with Gasteiger partial charge in [-0.2, -0.15) is 0 Å². The molecule has 26 heavy (non-hydrogen) atoms. The van der Waals surface area contributed by atoms with E-state index in [1.54, 1.807) is 0 Å². The van der Waals surface area contributed by atoms with Crippen LogP contribution >= 0.6 is 22.9 Å². The number of hydrogen-bond acceptors (Lipinski definition) is 3. The van der Waals surface area contributed by atoms with Crippen LogP contribution in [0.5, 0.6) is 5.06 Å². The first kappa shape index (κ1) is 17.4. The van der Waals surface area contributed by atoms with Crippen LogP contribution < -0.4 is 4.74 Å². The highest BCUT2D eigenvalue weighted by Crippen LogP contribution is 2.47. The monoisotopic (exact) mass is 389 g/mol. The van der Waals surface area contributed by atoms with Gasteiger partial charge in [0.2, 0.25) is 0 Å². The summed E-state index contributed by atoms with van der Waals surface area (Å²) in [5.41, 5.74) is 4.70. The third kappa shape index (κ3) is 3.10. The van der Waals surface area contributed by atoms with Crippen LogP contribution in [0.2, 0.25) is 5.02 Å². The van der Waals surface area contributed by atoms with Crippen molar-refractivity contribution in [3.63, 3.8) is 0 Å². The van der Waals surface area contributed by atoms with E-state index in [1.165, 1.54) is 54.7 Å². The summed E-state index contributed by atoms with van der Waals surface area (Å²) in [6.07, 6.45) is 4.85. The number of carboxylic acid groups (broad SMARTS) is 1. The van der Waals surface area contributed by atoms with Gasteiger partial charge < -0.3 is 14.4 Å². The number of halogens is 1. The van der Waals surface area contributed by atoms with Gasteiger partial charge in [-0.05, 0) is 42.0 Å². The van der Waals surface area contributed by atoms with Crippen molar-refractivity contribution >= 4 is 39.3 Å². The number of ether oxygens (including phenoxy) is 1. The molecule has 136 valence electrons. The largest absolute Gasteiger partial charge is 0.512 e. The van der Waals surface area contributed by atoms with Crippen molar-refractivity contribution in [2.75, 3.05) is 0 Å². The van der Waals surface area contributed by atoms with Gasteiger partial charge in [-0.15, -0.1) is 0 Å². The predicted octanol–water partition coefficient (Wildman–Crippen LogP) is 6.66. The minimum atomic E-state index is -1.27. The molecular formula is C20H20ClNO3S. The Labute approximate surface area is 161 Å². The molecule has 0 amide bonds. The van der Waals surface area contributed by atoms with E-state index < -0.39 is 6.16 Å². The molecule has 1 fully saturated rings. The summed E-state index contributed by atoms with van der Waals surface area (Å²) in [7, 11) is 2.04. The summed E-state index contributed by atoms with van der Waals surface area (Å²) >= 11 is 7.51. The number of fused-ring (bicyclic) bond motifs is 1. The first-order valence-corrected chi connectivity index (χ1v) is 10.0. The number of nitrogens with zero attached hydrogens (tertiary/aromatic N) is 1. The molecule has 0 unspecified atom stereocenters. The van der Waals surface area contributed by atoms with Gasteiger partial charge in [-0.1, -0.05) is 54.3 Å². The van der Waals surface area contributed by atoms with E-state index in [-0.39, 0.29) is 0 Å². The van der Waals surface area contributed by atoms with Gasteiger partial charge >= 0.3 is 6.16 Å². The number of aryl methyl sites for hydroxylation is 1. The van der Waals surface area contributed by atoms with Crippen LogP contribution in [0.25, 0.3) is 21.5 Å². The lowest BCUT2D eigenvalue weighted by Crippen LogP contribution is -2.06. The average molecular weight is 390 g/mol. The number of benzene rings is 1. The lowest BCUT2D eigenvalue weighted by Gasteiger charge is -2.23. The zero-order chi connectivity index (χ0) is 18.3. The van der Waals surface area contributed by atoms with E-state index in [4.69, 9.17) is 21.4 Å². The molecule has 1 saturated carbocycles. The molecule has 1 aromatic carbocycles. The lowest BCUT2D eigenvalue weighted by atomic mass is 9.83. The minimum absolute atomic E-state index is 0.429. The molecular weight excluding hydrogens is 370 g/mol. The molecule has 1 aliphatic carbocycles. The molecule has 6 heteroatoms. The second-order valence-corrected chi connectivity index (χ2v) is 8.26. The maximum Gasteiger partial charge on any atom is 0.512 e. The highest BCUT2D eigenvalue weighted by atomic mass is 35.5. The number of hydrogen-bond donors (Lipinski definition) is 1. The van der Waals surface area contributed by atoms with Gasteiger partial charge in [0, 0.05) is 18.1 Å². The SMILES string of the molecule is Cn1c(-c2ccc(Cl)cc2)c(C2CCCCC2)c2sc(OC(=O)O)cc21. The molecule has 2 aromatic heterocycles. The molecule has 4 rings (SSSR count). The fraction of sp³-hybridized carbons (Fsp3) is 0.350. The molecule has 0 spiro atoms. The van der Waals surface area contributed by atoms with Crippen LogP contribution in [0.15, 0.2) is 30.3 Å². The number of rotatable bonds is 3. The second kappa shape index (κ2) is 6.97. The summed E-state index contributed by atoms with van der Waals surface area (Å²) in [5, 5.41) is 10.1. The topological polar surface area (TPSA) is 51.5 Å². The van der Waals surface area contributed by atoms with Crippen LogP contribution in [0.3, 0.4) is 0 Å². The van der Waals surface area contributed by atoms with Crippen LogP contribution in [-0.2, 0) is 7.05 Å². The van der Waals surface area contributed by atoms with E-state index in [1.807, 2.05) is 25.2 Å². The van der Waals surface area contributed by atoms with Crippen molar-refractivity contribution in [1.82, 2.24) is 4.57 Å². The fourth-order valence-corrected chi connectivity index (χ4v) is 5.36. The van der Waals surface area contributed by atoms with E-state index in [0.717, 1.165) is 20.8 Å². The summed E-state index contributed by atoms with van der Waals surface area (Å²) in [5.74, 6) is 0.495. The standard InChI is InChI=1S/C20H20ClNO3S/c1-22-15-11-16(25-20(23)24)26-19(15)17(12-5-3-2-4-6-12)18(22)13-7-9-14(21)10-8-13/h7-12H,2-6H2,1H3,(H,23,24). The molecule has 3 aromatic rings. The van der Waals surface area contributed by atoms with Gasteiger partial charge in [0.25, 0.3) is 0 Å². The van der Waals surface area contributed by atoms with Gasteiger partial charge in [0.05, 0.1) is 15.9 Å². The maximum atomic E-state index is 10.9. The predicted molar refractivity (Wildman–Crippen MR) is 106 cm³/mol. The van der Waals surface area contributed by atoms with Crippen LogP contribution in [0.4, 0.5) is 4.79 Å². The van der Waals surface area contributed by atoms with Gasteiger partial charge in [-0.3, -0.25) is 0 Å². The number of aromatic nitrogens is 1. The Morgan fingerprint density at radius 1 is 1.23 bits per heavy atom. The molecule has 0 saturated heterocycles. The summed E-state index contributed by atoms with van der Waals surface area (Å²) < 4.78 is 8.22. The van der Waals surface area contributed by atoms with E-state index in [9.17, 15) is 4.79 Å². The molecule has 0 radical (unpaired) electrons. The quantitative estimate of drug-likeness (QED) is 0.509. The van der Waals surface area contributed by atoms with Gasteiger partial charge in [-0.25, -0.2) is 4.79 Å². The molecule has 2 heterocycles. The van der Waals surface area contributed by atoms with Crippen molar-refractivity contribution in [1.29, 1.82) is 0 Å². The Hall–Kier alpha value is -1.98. The Morgan fingerprint density at radius 3 is 2.58 bits per heavy atom.